The van der Waals surface area contributed by atoms with Crippen molar-refractivity contribution in [2.45, 2.75) is 19.9 Å². The minimum atomic E-state index is -1.14. The van der Waals surface area contributed by atoms with Crippen LogP contribution >= 0.6 is 12.4 Å². The van der Waals surface area contributed by atoms with E-state index in [0.29, 0.717) is 0 Å². The number of esters is 1. The van der Waals surface area contributed by atoms with E-state index >= 15 is 0 Å². The molecule has 3 nitrogen and oxygen atoms in total. The first-order valence-corrected chi connectivity index (χ1v) is 5.10. The van der Waals surface area contributed by atoms with E-state index in [9.17, 15) is 13.6 Å². The number of benzene rings is 1. The molecule has 2 N–H and O–H groups in total. The zero-order valence-corrected chi connectivity index (χ0v) is 11.2. The molecule has 1 aromatic rings. The van der Waals surface area contributed by atoms with Crippen LogP contribution in [0.2, 0.25) is 0 Å². The van der Waals surface area contributed by atoms with Crippen LogP contribution in [0.5, 0.6) is 0 Å². The summed E-state index contributed by atoms with van der Waals surface area (Å²) in [5, 5.41) is 0. The molecular weight excluding hydrogens is 264 g/mol. The van der Waals surface area contributed by atoms with Crippen LogP contribution in [0.15, 0.2) is 18.2 Å². The van der Waals surface area contributed by atoms with Gasteiger partial charge in [0, 0.05) is 11.6 Å². The highest BCUT2D eigenvalue weighted by Crippen LogP contribution is 2.34. The molecule has 0 amide bonds. The summed E-state index contributed by atoms with van der Waals surface area (Å²) in [5.74, 6) is -2.59. The van der Waals surface area contributed by atoms with Gasteiger partial charge in [0.1, 0.15) is 0 Å². The van der Waals surface area contributed by atoms with Crippen molar-refractivity contribution in [1.82, 2.24) is 0 Å². The first-order valence-electron chi connectivity index (χ1n) is 5.10. The first-order chi connectivity index (χ1) is 7.82. The smallest absolute Gasteiger partial charge is 0.313 e. The van der Waals surface area contributed by atoms with Crippen molar-refractivity contribution < 1.29 is 18.3 Å². The Labute approximate surface area is 111 Å². The third kappa shape index (κ3) is 2.97. The van der Waals surface area contributed by atoms with Crippen LogP contribution < -0.4 is 5.73 Å². The molecule has 0 aliphatic heterocycles. The summed E-state index contributed by atoms with van der Waals surface area (Å²) < 4.78 is 31.2. The summed E-state index contributed by atoms with van der Waals surface area (Å²) >= 11 is 0. The second-order valence-corrected chi connectivity index (χ2v) is 4.33. The molecule has 0 spiro atoms. The number of nitrogens with two attached hydrogens (primary N) is 1. The lowest BCUT2D eigenvalue weighted by Crippen LogP contribution is -2.38. The topological polar surface area (TPSA) is 52.3 Å². The summed E-state index contributed by atoms with van der Waals surface area (Å²) in [6.07, 6.45) is 0. The maximum absolute atomic E-state index is 13.5. The molecule has 0 fully saturated rings. The molecule has 0 unspecified atom stereocenters. The maximum atomic E-state index is 13.5. The molecule has 6 heteroatoms. The van der Waals surface area contributed by atoms with Gasteiger partial charge in [0.25, 0.3) is 0 Å². The van der Waals surface area contributed by atoms with Gasteiger partial charge in [-0.25, -0.2) is 8.78 Å². The largest absolute Gasteiger partial charge is 0.469 e. The summed E-state index contributed by atoms with van der Waals surface area (Å²) in [7, 11) is 1.22. The van der Waals surface area contributed by atoms with Crippen molar-refractivity contribution >= 4 is 18.4 Å². The fourth-order valence-corrected chi connectivity index (χ4v) is 1.54. The van der Waals surface area contributed by atoms with Crippen LogP contribution in [0, 0.1) is 17.0 Å². The molecule has 0 aromatic heterocycles. The molecule has 18 heavy (non-hydrogen) atoms. The summed E-state index contributed by atoms with van der Waals surface area (Å²) in [6, 6.07) is 2.72. The normalized spacial score (nSPS) is 12.6. The molecule has 0 saturated carbocycles. The van der Waals surface area contributed by atoms with Crippen LogP contribution in [0.4, 0.5) is 8.78 Å². The number of carbonyl (C=O) groups is 1. The van der Waals surface area contributed by atoms with E-state index in [1.807, 2.05) is 0 Å². The van der Waals surface area contributed by atoms with Crippen LogP contribution in [-0.2, 0) is 9.53 Å². The third-order valence-corrected chi connectivity index (χ3v) is 2.81. The molecule has 102 valence electrons. The Kier molecular flexibility index (Phi) is 5.70. The van der Waals surface area contributed by atoms with Gasteiger partial charge in [-0.2, -0.15) is 0 Å². The zero-order valence-electron chi connectivity index (χ0n) is 10.4. The molecule has 0 aliphatic rings. The van der Waals surface area contributed by atoms with Crippen LogP contribution in [0.3, 0.4) is 0 Å². The number of halogens is 3. The van der Waals surface area contributed by atoms with Gasteiger partial charge < -0.3 is 10.5 Å². The van der Waals surface area contributed by atoms with Crippen LogP contribution in [0.25, 0.3) is 0 Å². The minimum Gasteiger partial charge on any atom is -0.469 e. The van der Waals surface area contributed by atoms with Gasteiger partial charge >= 0.3 is 5.97 Å². The Morgan fingerprint density at radius 3 is 2.44 bits per heavy atom. The molecule has 0 aliphatic carbocycles. The van der Waals surface area contributed by atoms with Crippen molar-refractivity contribution in [3.05, 3.63) is 35.4 Å². The van der Waals surface area contributed by atoms with E-state index in [2.05, 4.69) is 4.74 Å². The quantitative estimate of drug-likeness (QED) is 0.865. The highest BCUT2D eigenvalue weighted by atomic mass is 35.5. The second kappa shape index (κ2) is 6.11. The molecule has 0 heterocycles. The Hall–Kier alpha value is -1.20. The Balaban J connectivity index is 0.00000289. The molecule has 1 aromatic carbocycles. The van der Waals surface area contributed by atoms with Gasteiger partial charge in [-0.05, 0) is 19.9 Å². The molecule has 1 atom stereocenters. The molecule has 0 bridgehead atoms. The SMILES string of the molecule is COC(=O)C(C)(C)[C@@H](N)c1cccc(F)c1F.Cl. The lowest BCUT2D eigenvalue weighted by atomic mass is 9.81. The maximum Gasteiger partial charge on any atom is 0.313 e. The van der Waals surface area contributed by atoms with E-state index < -0.39 is 29.1 Å². The first kappa shape index (κ1) is 16.8. The fourth-order valence-electron chi connectivity index (χ4n) is 1.54. The lowest BCUT2D eigenvalue weighted by Gasteiger charge is -2.29. The van der Waals surface area contributed by atoms with Gasteiger partial charge in [0.2, 0.25) is 0 Å². The predicted octanol–water partition coefficient (Wildman–Crippen LogP) is 2.59. The summed E-state index contributed by atoms with van der Waals surface area (Å²) in [6.45, 7) is 3.04. The molecule has 0 saturated heterocycles. The number of hydrogen-bond donors (Lipinski definition) is 1. The standard InChI is InChI=1S/C12H15F2NO2.ClH/c1-12(2,11(16)17-3)10(15)7-5-4-6-8(13)9(7)14;/h4-6,10H,15H2,1-3H3;1H/t10-;/m0./s1. The van der Waals surface area contributed by atoms with Crippen LogP contribution in [-0.4, -0.2) is 13.1 Å². The van der Waals surface area contributed by atoms with E-state index in [1.165, 1.54) is 33.1 Å². The number of ether oxygens (including phenoxy) is 1. The van der Waals surface area contributed by atoms with Crippen molar-refractivity contribution in [2.75, 3.05) is 7.11 Å². The van der Waals surface area contributed by atoms with Crippen molar-refractivity contribution in [3.63, 3.8) is 0 Å². The van der Waals surface area contributed by atoms with E-state index in [4.69, 9.17) is 5.73 Å². The van der Waals surface area contributed by atoms with E-state index in [0.717, 1.165) is 6.07 Å². The zero-order chi connectivity index (χ0) is 13.2. The van der Waals surface area contributed by atoms with Crippen molar-refractivity contribution in [1.29, 1.82) is 0 Å². The average Bonchev–Trinajstić information content (AvgIpc) is 2.30. The lowest BCUT2D eigenvalue weighted by molar-refractivity contribution is -0.152. The molecule has 0 radical (unpaired) electrons. The van der Waals surface area contributed by atoms with Gasteiger partial charge in [0.15, 0.2) is 11.6 Å². The molecular formula is C12H16ClF2NO2. The highest BCUT2D eigenvalue weighted by Gasteiger charge is 2.38. The van der Waals surface area contributed by atoms with Gasteiger partial charge in [0.05, 0.1) is 12.5 Å². The van der Waals surface area contributed by atoms with E-state index in [-0.39, 0.29) is 18.0 Å². The Morgan fingerprint density at radius 1 is 1.39 bits per heavy atom. The number of hydrogen-bond acceptors (Lipinski definition) is 3. The second-order valence-electron chi connectivity index (χ2n) is 4.33. The average molecular weight is 280 g/mol. The van der Waals surface area contributed by atoms with Crippen LogP contribution in [0.1, 0.15) is 25.5 Å². The number of carbonyl (C=O) groups excluding carboxylic acids is 1. The van der Waals surface area contributed by atoms with E-state index in [1.54, 1.807) is 0 Å². The number of rotatable bonds is 3. The minimum absolute atomic E-state index is 0. The highest BCUT2D eigenvalue weighted by molar-refractivity contribution is 5.85. The van der Waals surface area contributed by atoms with Gasteiger partial charge in [-0.3, -0.25) is 4.79 Å². The fraction of sp³-hybridized carbons (Fsp3) is 0.417. The summed E-state index contributed by atoms with van der Waals surface area (Å²) in [5.41, 5.74) is 4.63. The Morgan fingerprint density at radius 2 is 1.94 bits per heavy atom. The number of methoxy groups -OCH3 is 1. The summed E-state index contributed by atoms with van der Waals surface area (Å²) in [4.78, 5) is 11.5. The Bertz CT molecular complexity index is 438. The van der Waals surface area contributed by atoms with Gasteiger partial charge in [-0.1, -0.05) is 12.1 Å². The predicted molar refractivity (Wildman–Crippen MR) is 66.3 cm³/mol. The van der Waals surface area contributed by atoms with Crippen molar-refractivity contribution in [2.24, 2.45) is 11.1 Å². The van der Waals surface area contributed by atoms with Gasteiger partial charge in [-0.15, -0.1) is 12.4 Å². The van der Waals surface area contributed by atoms with Crippen molar-refractivity contribution in [3.8, 4) is 0 Å². The monoisotopic (exact) mass is 279 g/mol. The third-order valence-electron chi connectivity index (χ3n) is 2.81. The molecule has 1 rings (SSSR count).